The number of hydrogen-bond acceptors (Lipinski definition) is 5. The van der Waals surface area contributed by atoms with Crippen molar-refractivity contribution in [3.63, 3.8) is 0 Å². The summed E-state index contributed by atoms with van der Waals surface area (Å²) < 4.78 is 54.0. The van der Waals surface area contributed by atoms with Gasteiger partial charge in [0.05, 0.1) is 6.10 Å². The van der Waals surface area contributed by atoms with Gasteiger partial charge in [0.1, 0.15) is 5.78 Å². The molecule has 0 saturated heterocycles. The van der Waals surface area contributed by atoms with Crippen molar-refractivity contribution in [1.29, 1.82) is 0 Å². The van der Waals surface area contributed by atoms with Crippen LogP contribution in [-0.2, 0) is 19.4 Å². The molecular weight excluding hydrogens is 363 g/mol. The number of ketones is 1. The summed E-state index contributed by atoms with van der Waals surface area (Å²) in [4.78, 5) is 12.7. The van der Waals surface area contributed by atoms with E-state index in [4.69, 9.17) is 6.92 Å². The molecular formula is C19H29NaO5S. The Morgan fingerprint density at radius 3 is 2.54 bits per heavy atom. The summed E-state index contributed by atoms with van der Waals surface area (Å²) in [6, 6.07) is 0. The van der Waals surface area contributed by atoms with Crippen LogP contribution >= 0.6 is 0 Å². The molecule has 0 aromatic heterocycles. The fraction of sp³-hybridized carbons (Fsp3) is 0.947. The van der Waals surface area contributed by atoms with Crippen molar-refractivity contribution in [3.05, 3.63) is 0 Å². The van der Waals surface area contributed by atoms with Crippen molar-refractivity contribution in [2.24, 2.45) is 34.5 Å². The second-order valence-electron chi connectivity index (χ2n) is 9.22. The van der Waals surface area contributed by atoms with Gasteiger partial charge >= 0.3 is 29.6 Å². The first kappa shape index (κ1) is 18.6. The van der Waals surface area contributed by atoms with E-state index in [1.165, 1.54) is 0 Å². The maximum Gasteiger partial charge on any atom is 1.00 e. The SMILES string of the molecule is [2H]C1([2H])CC2C3CC[C@H]4C[C@H](OS(=O)(=O)[O-])CCC4(C)C3CCC2(C)C1=O.[Na+]. The van der Waals surface area contributed by atoms with Crippen molar-refractivity contribution < 1.29 is 54.2 Å². The van der Waals surface area contributed by atoms with Crippen LogP contribution < -0.4 is 29.6 Å². The summed E-state index contributed by atoms with van der Waals surface area (Å²) in [5, 5.41) is 0. The molecule has 4 saturated carbocycles. The third-order valence-electron chi connectivity index (χ3n) is 8.26. The standard InChI is InChI=1S/C19H30O5S.Na/c1-18-9-7-13(24-25(21,22)23)11-12(18)3-4-14-15-5-6-17(20)19(15,2)10-8-16(14)18;/h12-16H,3-11H2,1-2H3,(H,21,22,23);/q;+1/p-1/t12-,13+,14?,15?,16?,18?,19?;/m0./s1/i6D2;. The topological polar surface area (TPSA) is 83.5 Å². The van der Waals surface area contributed by atoms with Crippen LogP contribution in [0.25, 0.3) is 0 Å². The van der Waals surface area contributed by atoms with Crippen molar-refractivity contribution >= 4 is 16.2 Å². The van der Waals surface area contributed by atoms with Crippen LogP contribution in [0.1, 0.15) is 74.3 Å². The zero-order valence-electron chi connectivity index (χ0n) is 18.0. The summed E-state index contributed by atoms with van der Waals surface area (Å²) in [6.45, 7) is 4.25. The molecule has 0 bridgehead atoms. The van der Waals surface area contributed by atoms with E-state index in [1.807, 2.05) is 6.92 Å². The Morgan fingerprint density at radius 1 is 1.12 bits per heavy atom. The van der Waals surface area contributed by atoms with Gasteiger partial charge in [-0.15, -0.1) is 0 Å². The van der Waals surface area contributed by atoms with Crippen LogP contribution in [0, 0.1) is 34.5 Å². The average Bonchev–Trinajstić information content (AvgIpc) is 2.73. The Morgan fingerprint density at radius 2 is 1.85 bits per heavy atom. The molecule has 0 aromatic carbocycles. The Bertz CT molecular complexity index is 759. The normalized spacial score (nSPS) is 51.2. The van der Waals surface area contributed by atoms with E-state index in [1.54, 1.807) is 0 Å². The van der Waals surface area contributed by atoms with Gasteiger partial charge in [0, 0.05) is 14.5 Å². The van der Waals surface area contributed by atoms with Crippen LogP contribution in [0.5, 0.6) is 0 Å². The van der Waals surface area contributed by atoms with E-state index < -0.39 is 28.3 Å². The molecule has 26 heavy (non-hydrogen) atoms. The summed E-state index contributed by atoms with van der Waals surface area (Å²) >= 11 is 0. The molecule has 4 aliphatic rings. The van der Waals surface area contributed by atoms with Crippen molar-refractivity contribution in [3.8, 4) is 0 Å². The molecule has 0 spiro atoms. The third kappa shape index (κ3) is 3.37. The quantitative estimate of drug-likeness (QED) is 0.386. The molecule has 7 atom stereocenters. The molecule has 142 valence electrons. The summed E-state index contributed by atoms with van der Waals surface area (Å²) in [6.07, 6.45) is 3.66. The minimum atomic E-state index is -4.67. The van der Waals surface area contributed by atoms with E-state index in [2.05, 4.69) is 6.92 Å². The van der Waals surface area contributed by atoms with E-state index in [9.17, 15) is 17.8 Å². The van der Waals surface area contributed by atoms with Gasteiger partial charge in [0.15, 0.2) is 0 Å². The van der Waals surface area contributed by atoms with Crippen molar-refractivity contribution in [2.45, 2.75) is 77.7 Å². The Labute approximate surface area is 182 Å². The van der Waals surface area contributed by atoms with Crippen LogP contribution in [-0.4, -0.2) is 24.9 Å². The Hall–Kier alpha value is 0.540. The molecule has 4 rings (SSSR count). The maximum absolute atomic E-state index is 12.7. The van der Waals surface area contributed by atoms with E-state index in [-0.39, 0.29) is 46.7 Å². The molecule has 0 radical (unpaired) electrons. The van der Waals surface area contributed by atoms with Gasteiger partial charge in [-0.3, -0.25) is 8.98 Å². The number of carbonyl (C=O) groups excluding carboxylic acids is 1. The summed E-state index contributed by atoms with van der Waals surface area (Å²) in [5.41, 5.74) is -0.486. The molecule has 0 aromatic rings. The molecule has 0 amide bonds. The first-order chi connectivity index (χ1) is 12.4. The zero-order valence-corrected chi connectivity index (χ0v) is 18.8. The van der Waals surface area contributed by atoms with Crippen LogP contribution in [0.4, 0.5) is 0 Å². The molecule has 0 N–H and O–H groups in total. The molecule has 5 unspecified atom stereocenters. The van der Waals surface area contributed by atoms with E-state index in [0.29, 0.717) is 37.0 Å². The smallest absolute Gasteiger partial charge is 0.726 e. The van der Waals surface area contributed by atoms with Gasteiger partial charge in [-0.05, 0) is 80.5 Å². The van der Waals surface area contributed by atoms with Crippen molar-refractivity contribution in [1.82, 2.24) is 0 Å². The molecule has 4 fully saturated rings. The van der Waals surface area contributed by atoms with Gasteiger partial charge in [-0.1, -0.05) is 13.8 Å². The van der Waals surface area contributed by atoms with Gasteiger partial charge in [-0.2, -0.15) is 0 Å². The second kappa shape index (κ2) is 7.10. The van der Waals surface area contributed by atoms with Gasteiger partial charge in [0.25, 0.3) is 0 Å². The monoisotopic (exact) mass is 394 g/mol. The number of carbonyl (C=O) groups is 1. The summed E-state index contributed by atoms with van der Waals surface area (Å²) in [5.74, 6) is 1.00. The predicted molar refractivity (Wildman–Crippen MR) is 91.3 cm³/mol. The van der Waals surface area contributed by atoms with Crippen LogP contribution in [0.15, 0.2) is 0 Å². The van der Waals surface area contributed by atoms with Gasteiger partial charge < -0.3 is 4.55 Å². The minimum Gasteiger partial charge on any atom is -0.726 e. The third-order valence-corrected chi connectivity index (χ3v) is 8.77. The summed E-state index contributed by atoms with van der Waals surface area (Å²) in [7, 11) is -4.67. The minimum absolute atomic E-state index is 0. The first-order valence-corrected chi connectivity index (χ1v) is 10.9. The number of fused-ring (bicyclic) bond motifs is 5. The Balaban J connectivity index is 0.00000225. The van der Waals surface area contributed by atoms with Crippen LogP contribution in [0.3, 0.4) is 0 Å². The van der Waals surface area contributed by atoms with Crippen molar-refractivity contribution in [2.75, 3.05) is 0 Å². The number of Topliss-reactive ketones (excluding diaryl/α,β-unsaturated/α-hetero) is 1. The zero-order chi connectivity index (χ0) is 19.8. The Kier molecular flexibility index (Phi) is 5.07. The van der Waals surface area contributed by atoms with E-state index in [0.717, 1.165) is 32.1 Å². The van der Waals surface area contributed by atoms with E-state index >= 15 is 0 Å². The largest absolute Gasteiger partial charge is 1.00 e. The fourth-order valence-corrected chi connectivity index (χ4v) is 7.36. The average molecular weight is 395 g/mol. The van der Waals surface area contributed by atoms with Crippen LogP contribution in [0.2, 0.25) is 0 Å². The van der Waals surface area contributed by atoms with Gasteiger partial charge in [-0.25, -0.2) is 8.42 Å². The van der Waals surface area contributed by atoms with Gasteiger partial charge in [0.2, 0.25) is 10.4 Å². The number of hydrogen-bond donors (Lipinski definition) is 0. The second-order valence-corrected chi connectivity index (χ2v) is 10.2. The first-order valence-electron chi connectivity index (χ1n) is 10.6. The number of rotatable bonds is 2. The molecule has 5 nitrogen and oxygen atoms in total. The molecule has 4 aliphatic carbocycles. The predicted octanol–water partition coefficient (Wildman–Crippen LogP) is 0.448. The molecule has 7 heteroatoms. The maximum atomic E-state index is 12.7. The molecule has 0 aliphatic heterocycles. The fourth-order valence-electron chi connectivity index (χ4n) is 6.86. The molecule has 0 heterocycles.